The number of aromatic nitrogens is 2. The van der Waals surface area contributed by atoms with Gasteiger partial charge in [0.25, 0.3) is 0 Å². The summed E-state index contributed by atoms with van der Waals surface area (Å²) in [7, 11) is -2.79. The van der Waals surface area contributed by atoms with E-state index in [9.17, 15) is 28.4 Å². The number of amides is 1. The molecule has 2 saturated carbocycles. The number of ether oxygens (including phenoxy) is 1. The first kappa shape index (κ1) is 23.2. The van der Waals surface area contributed by atoms with Gasteiger partial charge in [0, 0.05) is 25.4 Å². The van der Waals surface area contributed by atoms with Crippen molar-refractivity contribution in [2.24, 2.45) is 22.5 Å². The number of hydrogen-bond acceptors (Lipinski definition) is 7. The van der Waals surface area contributed by atoms with Crippen LogP contribution < -0.4 is 5.73 Å². The first-order valence-electron chi connectivity index (χ1n) is 10.1. The van der Waals surface area contributed by atoms with E-state index < -0.39 is 49.8 Å². The second-order valence-corrected chi connectivity index (χ2v) is 11.0. The molecule has 3 N–H and O–H groups in total. The lowest BCUT2D eigenvalue weighted by Crippen LogP contribution is -2.44. The second-order valence-electron chi connectivity index (χ2n) is 8.45. The van der Waals surface area contributed by atoms with Gasteiger partial charge < -0.3 is 15.6 Å². The van der Waals surface area contributed by atoms with Crippen molar-refractivity contribution in [1.82, 2.24) is 9.78 Å². The van der Waals surface area contributed by atoms with Crippen LogP contribution in [0.4, 0.5) is 0 Å². The van der Waals surface area contributed by atoms with Crippen LogP contribution in [0.3, 0.4) is 0 Å². The fourth-order valence-electron chi connectivity index (χ4n) is 5.12. The number of carboxylic acids is 1. The Morgan fingerprint density at radius 2 is 2.12 bits per heavy atom. The van der Waals surface area contributed by atoms with Gasteiger partial charge in [-0.25, -0.2) is 13.1 Å². The van der Waals surface area contributed by atoms with E-state index in [1.165, 1.54) is 23.9 Å². The quantitative estimate of drug-likeness (QED) is 0.587. The van der Waals surface area contributed by atoms with Crippen molar-refractivity contribution in [3.8, 4) is 11.8 Å². The van der Waals surface area contributed by atoms with Crippen LogP contribution in [0.5, 0.6) is 0 Å². The maximum absolute atomic E-state index is 13.5. The Balaban J connectivity index is 1.71. The predicted molar refractivity (Wildman–Crippen MR) is 115 cm³/mol. The Morgan fingerprint density at radius 3 is 2.61 bits per heavy atom. The lowest BCUT2D eigenvalue weighted by atomic mass is 9.75. The number of halogens is 1. The van der Waals surface area contributed by atoms with E-state index in [0.29, 0.717) is 5.69 Å². The molecule has 0 spiro atoms. The van der Waals surface area contributed by atoms with Gasteiger partial charge in [0.05, 0.1) is 33.0 Å². The van der Waals surface area contributed by atoms with Gasteiger partial charge in [0.1, 0.15) is 10.8 Å². The van der Waals surface area contributed by atoms with Crippen molar-refractivity contribution in [1.29, 1.82) is 5.26 Å². The van der Waals surface area contributed by atoms with Crippen molar-refractivity contribution >= 4 is 33.3 Å². The number of hydrogen-bond donors (Lipinski definition) is 2. The van der Waals surface area contributed by atoms with Gasteiger partial charge in [0.15, 0.2) is 9.84 Å². The van der Waals surface area contributed by atoms with Crippen molar-refractivity contribution in [2.45, 2.75) is 35.5 Å². The number of methoxy groups -OCH3 is 1. The Labute approximate surface area is 194 Å². The first-order chi connectivity index (χ1) is 15.5. The van der Waals surface area contributed by atoms with Gasteiger partial charge in [-0.3, -0.25) is 9.59 Å². The molecule has 4 rings (SSSR count). The largest absolute Gasteiger partial charge is 0.481 e. The zero-order valence-corrected chi connectivity index (χ0v) is 19.1. The Bertz CT molecular complexity index is 1270. The summed E-state index contributed by atoms with van der Waals surface area (Å²) in [5.41, 5.74) is 2.55. The van der Waals surface area contributed by atoms with Crippen molar-refractivity contribution < 1.29 is 27.9 Å². The van der Waals surface area contributed by atoms with E-state index in [0.717, 1.165) is 0 Å². The average Bonchev–Trinajstić information content (AvgIpc) is 3.13. The van der Waals surface area contributed by atoms with Gasteiger partial charge in [-0.15, -0.1) is 0 Å². The van der Waals surface area contributed by atoms with E-state index in [1.807, 2.05) is 6.07 Å². The number of nitriles is 1. The van der Waals surface area contributed by atoms with Crippen LogP contribution in [0.2, 0.25) is 5.02 Å². The maximum Gasteiger partial charge on any atom is 0.312 e. The van der Waals surface area contributed by atoms with Crippen LogP contribution in [0.25, 0.3) is 5.69 Å². The molecule has 0 bridgehead atoms. The predicted octanol–water partition coefficient (Wildman–Crippen LogP) is 1.56. The smallest absolute Gasteiger partial charge is 0.312 e. The molecule has 33 heavy (non-hydrogen) atoms. The molecule has 2 unspecified atom stereocenters. The summed E-state index contributed by atoms with van der Waals surface area (Å²) in [6.45, 7) is 0. The zero-order valence-electron chi connectivity index (χ0n) is 17.5. The number of aliphatic carboxylic acids is 1. The molecule has 5 atom stereocenters. The second kappa shape index (κ2) is 7.83. The third kappa shape index (κ3) is 3.32. The summed E-state index contributed by atoms with van der Waals surface area (Å²) in [5, 5.41) is 22.6. The summed E-state index contributed by atoms with van der Waals surface area (Å²) >= 11 is 6.33. The molecule has 2 aromatic rings. The van der Waals surface area contributed by atoms with Gasteiger partial charge in [-0.05, 0) is 43.5 Å². The third-order valence-corrected chi connectivity index (χ3v) is 9.58. The van der Waals surface area contributed by atoms with E-state index >= 15 is 0 Å². The van der Waals surface area contributed by atoms with Crippen LogP contribution in [0, 0.1) is 28.1 Å². The van der Waals surface area contributed by atoms with Crippen LogP contribution in [-0.2, 0) is 24.2 Å². The highest BCUT2D eigenvalue weighted by molar-refractivity contribution is 7.92. The van der Waals surface area contributed by atoms with E-state index in [4.69, 9.17) is 22.1 Å². The summed E-state index contributed by atoms with van der Waals surface area (Å²) in [4.78, 5) is 24.3. The highest BCUT2D eigenvalue weighted by atomic mass is 35.5. The lowest BCUT2D eigenvalue weighted by Gasteiger charge is -2.31. The number of carboxylic acid groups (broad SMARTS) is 1. The van der Waals surface area contributed by atoms with E-state index in [-0.39, 0.29) is 29.2 Å². The molecule has 0 saturated heterocycles. The number of carbonyl (C=O) groups is 2. The number of nitrogens with zero attached hydrogens (tertiary/aromatic N) is 3. The molecular formula is C21H21ClN4O6S. The fourth-order valence-corrected chi connectivity index (χ4v) is 7.49. The number of primary amides is 1. The molecular weight excluding hydrogens is 472 g/mol. The summed E-state index contributed by atoms with van der Waals surface area (Å²) < 4.78 is 34.0. The van der Waals surface area contributed by atoms with Crippen LogP contribution in [0.15, 0.2) is 41.6 Å². The van der Waals surface area contributed by atoms with E-state index in [2.05, 4.69) is 5.10 Å². The van der Waals surface area contributed by atoms with Gasteiger partial charge in [0.2, 0.25) is 5.91 Å². The number of benzene rings is 1. The first-order valence-corrected chi connectivity index (χ1v) is 12.0. The normalized spacial score (nSPS) is 31.1. The topological polar surface area (TPSA) is 165 Å². The number of sulfone groups is 1. The molecule has 0 aliphatic heterocycles. The Kier molecular flexibility index (Phi) is 5.51. The zero-order chi connectivity index (χ0) is 24.2. The minimum absolute atomic E-state index is 0.0280. The van der Waals surface area contributed by atoms with Crippen LogP contribution in [0.1, 0.15) is 19.3 Å². The molecule has 0 radical (unpaired) electrons. The molecule has 2 aliphatic rings. The highest BCUT2D eigenvalue weighted by Gasteiger charge is 2.75. The third-order valence-electron chi connectivity index (χ3n) is 6.95. The van der Waals surface area contributed by atoms with Gasteiger partial charge in [-0.2, -0.15) is 10.4 Å². The number of rotatable bonds is 7. The van der Waals surface area contributed by atoms with Crippen molar-refractivity contribution in [3.63, 3.8) is 0 Å². The minimum Gasteiger partial charge on any atom is -0.481 e. The molecule has 2 aliphatic carbocycles. The molecule has 174 valence electrons. The fraction of sp³-hybridized carbons (Fsp3) is 0.429. The molecule has 2 fully saturated rings. The summed E-state index contributed by atoms with van der Waals surface area (Å²) in [6, 6.07) is 7.92. The van der Waals surface area contributed by atoms with Crippen molar-refractivity contribution in [2.75, 3.05) is 7.11 Å². The number of nitrogens with two attached hydrogens (primary N) is 1. The molecule has 10 nitrogen and oxygen atoms in total. The van der Waals surface area contributed by atoms with Gasteiger partial charge in [-0.1, -0.05) is 11.6 Å². The number of carbonyl (C=O) groups excluding carboxylic acids is 1. The SMILES string of the molecule is CO[C@@H]1C[C@H](S(=O)(=O)c2ccc(-n3cccn3)cc2Cl)C[C@@]1(C(=O)O)C1CC1(C#N)C(N)=O. The molecule has 1 aromatic heterocycles. The van der Waals surface area contributed by atoms with Crippen molar-refractivity contribution in [3.05, 3.63) is 41.7 Å². The minimum atomic E-state index is -4.08. The average molecular weight is 493 g/mol. The monoisotopic (exact) mass is 492 g/mol. The lowest BCUT2D eigenvalue weighted by molar-refractivity contribution is -0.159. The summed E-state index contributed by atoms with van der Waals surface area (Å²) in [5.74, 6) is -3.20. The van der Waals surface area contributed by atoms with Gasteiger partial charge >= 0.3 is 5.97 Å². The summed E-state index contributed by atoms with van der Waals surface area (Å²) in [6.07, 6.45) is 1.70. The Hall–Kier alpha value is -2.94. The molecule has 12 heteroatoms. The molecule has 1 aromatic carbocycles. The standard InChI is InChI=1S/C21H21ClN4O6S/c1-32-17-8-13(9-21(17,19(28)29)16-10-20(16,11-23)18(24)27)33(30,31)15-4-3-12(7-14(15)22)26-6-2-5-25-26/h2-7,13,16-17H,8-10H2,1H3,(H2,24,27)(H,28,29)/t13-,16?,17+,20?,21+/m0/s1. The maximum atomic E-state index is 13.5. The van der Waals surface area contributed by atoms with Crippen LogP contribution in [-0.4, -0.2) is 53.6 Å². The highest BCUT2D eigenvalue weighted by Crippen LogP contribution is 2.66. The van der Waals surface area contributed by atoms with Crippen LogP contribution >= 0.6 is 11.6 Å². The Morgan fingerprint density at radius 1 is 1.39 bits per heavy atom. The molecule has 1 amide bonds. The van der Waals surface area contributed by atoms with E-state index in [1.54, 1.807) is 24.5 Å². The molecule has 1 heterocycles.